The van der Waals surface area contributed by atoms with Gasteiger partial charge in [-0.3, -0.25) is 0 Å². The molecule has 10 aliphatic rings. The van der Waals surface area contributed by atoms with E-state index in [9.17, 15) is 45.5 Å². The monoisotopic (exact) mass is 1260 g/mol. The molecule has 2 aromatic rings. The third-order valence-electron chi connectivity index (χ3n) is 19.0. The summed E-state index contributed by atoms with van der Waals surface area (Å²) in [5.41, 5.74) is 3.82. The van der Waals surface area contributed by atoms with Gasteiger partial charge < -0.3 is 58.4 Å². The summed E-state index contributed by atoms with van der Waals surface area (Å²) < 4.78 is 124. The molecule has 12 atom stereocenters. The Hall–Kier alpha value is -4.19. The van der Waals surface area contributed by atoms with Gasteiger partial charge in [0.05, 0.1) is 53.6 Å². The minimum atomic E-state index is -4.44. The number of alkyl halides is 6. The van der Waals surface area contributed by atoms with E-state index in [0.29, 0.717) is 68.1 Å². The van der Waals surface area contributed by atoms with E-state index in [2.05, 4.69) is 46.9 Å². The maximum absolute atomic E-state index is 13.2. The molecular weight excluding hydrogens is 1180 g/mol. The summed E-state index contributed by atoms with van der Waals surface area (Å²) in [6.45, 7) is 25.8. The maximum Gasteiger partial charge on any atom is 0.482 e. The van der Waals surface area contributed by atoms with Crippen molar-refractivity contribution in [2.24, 2.45) is 40.2 Å². The Morgan fingerprint density at radius 2 is 1.03 bits per heavy atom. The average molecular weight is 1260 g/mol. The van der Waals surface area contributed by atoms with Crippen molar-refractivity contribution in [1.82, 2.24) is 15.1 Å². The van der Waals surface area contributed by atoms with Crippen LogP contribution in [0.2, 0.25) is 0 Å². The topological polar surface area (TPSA) is 187 Å². The lowest BCUT2D eigenvalue weighted by Gasteiger charge is -2.64. The quantitative estimate of drug-likeness (QED) is 0.105. The highest BCUT2D eigenvalue weighted by Gasteiger charge is 2.70. The largest absolute Gasteiger partial charge is 0.482 e. The predicted octanol–water partition coefficient (Wildman–Crippen LogP) is 13.0. The molecule has 16 nitrogen and oxygen atoms in total. The molecule has 86 heavy (non-hydrogen) atoms. The molecule has 4 saturated heterocycles. The first kappa shape index (κ1) is 69.3. The van der Waals surface area contributed by atoms with Gasteiger partial charge in [-0.05, 0) is 189 Å². The molecule has 3 N–H and O–H groups in total. The standard InChI is InChI=1S/C30H42BF3N2O6.C19H25BF3NO2.C11H18ClNO4.ClH/c1-27(2,3)40-26(38)36-13-7-8-21(17-36)39-25(37)35-24(14-18-9-11-19(12-10-18)30(32,33)34)31-41-23-16-20-15-22(28(20,4)5)29(23,6)42-31;1-17(2)13-9-14(17)18(3)15(10-13)25-20(26-18)16(24)8-11-4-6-12(7-5-11)19(21,22)23;1-11(2,3)17-10(15)13-6-4-5-8(7-13)16-9(12)14;/h9-12,20-24H,7-8,13-17H2,1-6H3,(H,35,37);4-7,13-16H,8-10,24H2,1-3H3;8H,4-7H2,1-3H3;1H/t20-,21-,22-,23+,24-,29-;13-,14-,15+,16-,18-;8-;/m000./s1. The fourth-order valence-corrected chi connectivity index (χ4v) is 14.3. The van der Waals surface area contributed by atoms with Gasteiger partial charge in [-0.1, -0.05) is 52.0 Å². The number of nitrogens with one attached hydrogen (secondary N) is 1. The number of alkyl carbamates (subject to hydrolysis) is 1. The van der Waals surface area contributed by atoms with Crippen LogP contribution in [0.1, 0.15) is 157 Å². The van der Waals surface area contributed by atoms with E-state index in [1.807, 2.05) is 20.8 Å². The fourth-order valence-electron chi connectivity index (χ4n) is 14.2. The second-order valence-electron chi connectivity index (χ2n) is 28.0. The minimum Gasteiger partial charge on any atom is -0.448 e. The summed E-state index contributed by atoms with van der Waals surface area (Å²) in [5.74, 6) is 0.852. The van der Waals surface area contributed by atoms with Crippen molar-refractivity contribution >= 4 is 62.0 Å². The van der Waals surface area contributed by atoms with E-state index in [1.165, 1.54) is 35.6 Å². The molecular formula is C60H86B2Cl2F6N4O12. The molecule has 0 aromatic heterocycles. The summed E-state index contributed by atoms with van der Waals surface area (Å²) in [7, 11) is -1.31. The molecule has 4 heterocycles. The lowest BCUT2D eigenvalue weighted by Crippen LogP contribution is -2.65. The summed E-state index contributed by atoms with van der Waals surface area (Å²) in [6.07, 6.45) is -3.82. The average Bonchev–Trinajstić information content (AvgIpc) is 1.37. The predicted molar refractivity (Wildman–Crippen MR) is 313 cm³/mol. The third-order valence-corrected chi connectivity index (χ3v) is 19.1. The molecule has 3 amide bonds. The molecule has 10 fully saturated rings. The number of hydrogen-bond acceptors (Lipinski definition) is 13. The van der Waals surface area contributed by atoms with Gasteiger partial charge in [0.2, 0.25) is 0 Å². The second kappa shape index (κ2) is 26.0. The number of piperidine rings is 2. The zero-order valence-electron chi connectivity index (χ0n) is 51.4. The first-order chi connectivity index (χ1) is 39.2. The number of likely N-dealkylation sites (tertiary alicyclic amines) is 2. The first-order valence-electron chi connectivity index (χ1n) is 29.8. The van der Waals surface area contributed by atoms with Gasteiger partial charge >= 0.3 is 50.3 Å². The summed E-state index contributed by atoms with van der Waals surface area (Å²) in [4.78, 5) is 51.2. The maximum atomic E-state index is 13.2. The summed E-state index contributed by atoms with van der Waals surface area (Å²) >= 11 is 5.15. The molecule has 6 saturated carbocycles. The Labute approximate surface area is 513 Å². The Balaban J connectivity index is 0.000000204. The van der Waals surface area contributed by atoms with Crippen LogP contribution in [-0.2, 0) is 62.8 Å². The normalized spacial score (nSPS) is 30.3. The van der Waals surface area contributed by atoms with Gasteiger partial charge in [0.1, 0.15) is 23.4 Å². The van der Waals surface area contributed by atoms with Crippen LogP contribution in [0.4, 0.5) is 45.5 Å². The summed E-state index contributed by atoms with van der Waals surface area (Å²) in [6, 6.07) is 10.0. The number of nitrogens with two attached hydrogens (primary N) is 1. The zero-order chi connectivity index (χ0) is 62.6. The van der Waals surface area contributed by atoms with E-state index < -0.39 is 90.1 Å². The minimum absolute atomic E-state index is 0. The molecule has 4 bridgehead atoms. The molecule has 2 aromatic carbocycles. The number of halogens is 8. The van der Waals surface area contributed by atoms with Crippen LogP contribution >= 0.6 is 24.0 Å². The van der Waals surface area contributed by atoms with Crippen molar-refractivity contribution in [3.8, 4) is 0 Å². The summed E-state index contributed by atoms with van der Waals surface area (Å²) in [5, 5.41) is 2.89. The second-order valence-corrected chi connectivity index (χ2v) is 28.3. The van der Waals surface area contributed by atoms with Crippen LogP contribution in [0.25, 0.3) is 0 Å². The number of nitrogens with zero attached hydrogens (tertiary/aromatic N) is 2. The van der Waals surface area contributed by atoms with Gasteiger partial charge in [0.15, 0.2) is 0 Å². The van der Waals surface area contributed by atoms with Crippen LogP contribution in [-0.4, -0.2) is 133 Å². The Morgan fingerprint density at radius 1 is 0.640 bits per heavy atom. The van der Waals surface area contributed by atoms with Gasteiger partial charge in [-0.15, -0.1) is 12.4 Å². The van der Waals surface area contributed by atoms with Crippen LogP contribution in [0, 0.1) is 34.5 Å². The highest BCUT2D eigenvalue weighted by atomic mass is 35.5. The smallest absolute Gasteiger partial charge is 0.448 e. The van der Waals surface area contributed by atoms with Crippen LogP contribution in [0.3, 0.4) is 0 Å². The van der Waals surface area contributed by atoms with Gasteiger partial charge in [-0.2, -0.15) is 26.3 Å². The van der Waals surface area contributed by atoms with E-state index in [-0.39, 0.29) is 66.2 Å². The van der Waals surface area contributed by atoms with Gasteiger partial charge in [0, 0.05) is 30.6 Å². The van der Waals surface area contributed by atoms with Crippen molar-refractivity contribution in [1.29, 1.82) is 0 Å². The molecule has 12 rings (SSSR count). The SMILES string of the molecule is CC(C)(C)OC(=O)N1CCC[C@H](OC(=O)Cl)C1.CC(C)(C)OC(=O)N1CCC[C@H](OC(=O)N[C@@H](Cc2ccc(C(F)(F)F)cc2)B2O[C@@H]3C[C@@H]4C[C@@H](C4(C)C)[C@]3(C)O2)C1.CC1(C)[C@@H]2C[C@H]3OB([C@@H](N)Cc4ccc(C(F)(F)F)cc4)O[C@@]3(C)[C@H]1C2.Cl. The molecule has 480 valence electrons. The number of amides is 3. The van der Waals surface area contributed by atoms with Crippen molar-refractivity contribution < 1.29 is 83.1 Å². The van der Waals surface area contributed by atoms with Crippen LogP contribution in [0.15, 0.2) is 48.5 Å². The molecule has 0 unspecified atom stereocenters. The third kappa shape index (κ3) is 16.0. The number of ether oxygens (including phenoxy) is 4. The number of hydrogen-bond donors (Lipinski definition) is 2. The number of carbonyl (C=O) groups excluding carboxylic acids is 4. The Morgan fingerprint density at radius 3 is 1.43 bits per heavy atom. The van der Waals surface area contributed by atoms with Crippen LogP contribution < -0.4 is 11.1 Å². The molecule has 6 aliphatic carbocycles. The zero-order valence-corrected chi connectivity index (χ0v) is 52.9. The number of rotatable bonds is 9. The van der Waals surface area contributed by atoms with E-state index in [1.54, 1.807) is 25.7 Å². The fraction of sp³-hybridized carbons (Fsp3) is 0.733. The van der Waals surface area contributed by atoms with Crippen molar-refractivity contribution in [3.63, 3.8) is 0 Å². The highest BCUT2D eigenvalue weighted by molar-refractivity contribution is 6.61. The molecule has 26 heteroatoms. The molecule has 4 aliphatic heterocycles. The van der Waals surface area contributed by atoms with Crippen LogP contribution in [0.5, 0.6) is 0 Å². The van der Waals surface area contributed by atoms with Crippen molar-refractivity contribution in [2.45, 2.75) is 218 Å². The number of benzene rings is 2. The molecule has 0 radical (unpaired) electrons. The highest BCUT2D eigenvalue weighted by Crippen LogP contribution is 2.67. The Kier molecular flexibility index (Phi) is 20.9. The van der Waals surface area contributed by atoms with E-state index in [4.69, 9.17) is 54.9 Å². The number of carbonyl (C=O) groups is 4. The molecule has 0 spiro atoms. The lowest BCUT2D eigenvalue weighted by atomic mass is 9.43. The van der Waals surface area contributed by atoms with Crippen molar-refractivity contribution in [3.05, 3.63) is 70.8 Å². The Bertz CT molecular complexity index is 2700. The van der Waals surface area contributed by atoms with Gasteiger partial charge in [0.25, 0.3) is 0 Å². The lowest BCUT2D eigenvalue weighted by molar-refractivity contribution is -0.199. The van der Waals surface area contributed by atoms with E-state index in [0.717, 1.165) is 61.9 Å². The first-order valence-corrected chi connectivity index (χ1v) is 30.2. The van der Waals surface area contributed by atoms with E-state index >= 15 is 0 Å². The van der Waals surface area contributed by atoms with Crippen molar-refractivity contribution in [2.75, 3.05) is 26.2 Å². The van der Waals surface area contributed by atoms with Gasteiger partial charge in [-0.25, -0.2) is 19.2 Å².